The fraction of sp³-hybridized carbons (Fsp3) is 0.333. The summed E-state index contributed by atoms with van der Waals surface area (Å²) in [5.74, 6) is -2.42. The lowest BCUT2D eigenvalue weighted by Gasteiger charge is -2.21. The molecule has 17 heavy (non-hydrogen) atoms. The predicted molar refractivity (Wildman–Crippen MR) is 60.3 cm³/mol. The van der Waals surface area contributed by atoms with Crippen molar-refractivity contribution in [3.63, 3.8) is 0 Å². The molecule has 0 aromatic heterocycles. The molecule has 92 valence electrons. The molecule has 1 aromatic carbocycles. The molecule has 5 heteroatoms. The van der Waals surface area contributed by atoms with Gasteiger partial charge in [-0.25, -0.2) is 9.18 Å². The molecule has 1 aromatic rings. The summed E-state index contributed by atoms with van der Waals surface area (Å²) in [4.78, 5) is 23.6. The summed E-state index contributed by atoms with van der Waals surface area (Å²) in [6.07, 6.45) is 0. The number of likely N-dealkylation sites (N-methyl/N-ethyl adjacent to an activating group) is 1. The Bertz CT molecular complexity index is 459. The molecular formula is C12H14FNO3. The summed E-state index contributed by atoms with van der Waals surface area (Å²) in [6, 6.07) is 3.15. The molecule has 0 aliphatic carbocycles. The second-order valence-corrected chi connectivity index (χ2v) is 3.91. The highest BCUT2D eigenvalue weighted by Gasteiger charge is 2.24. The molecule has 4 nitrogen and oxygen atoms in total. The average Bonchev–Trinajstić information content (AvgIpc) is 2.29. The highest BCUT2D eigenvalue weighted by Crippen LogP contribution is 2.13. The zero-order chi connectivity index (χ0) is 13.2. The van der Waals surface area contributed by atoms with Gasteiger partial charge in [-0.15, -0.1) is 0 Å². The maximum atomic E-state index is 13.4. The molecule has 1 atom stereocenters. The number of halogens is 1. The van der Waals surface area contributed by atoms with Crippen LogP contribution in [0.1, 0.15) is 22.8 Å². The Hall–Kier alpha value is -1.91. The molecule has 1 amide bonds. The van der Waals surface area contributed by atoms with Crippen LogP contribution in [0.2, 0.25) is 0 Å². The van der Waals surface area contributed by atoms with Crippen LogP contribution in [0.4, 0.5) is 4.39 Å². The predicted octanol–water partition coefficient (Wildman–Crippen LogP) is 1.68. The Morgan fingerprint density at radius 1 is 1.41 bits per heavy atom. The lowest BCUT2D eigenvalue weighted by Crippen LogP contribution is -2.40. The number of hydrogen-bond donors (Lipinski definition) is 1. The minimum Gasteiger partial charge on any atom is -0.480 e. The van der Waals surface area contributed by atoms with E-state index in [-0.39, 0.29) is 5.56 Å². The maximum Gasteiger partial charge on any atom is 0.326 e. The van der Waals surface area contributed by atoms with Gasteiger partial charge in [0.1, 0.15) is 11.9 Å². The number of carboxylic acids is 1. The number of aryl methyl sites for hydroxylation is 1. The zero-order valence-electron chi connectivity index (χ0n) is 9.90. The smallest absolute Gasteiger partial charge is 0.326 e. The third-order valence-corrected chi connectivity index (χ3v) is 2.61. The first kappa shape index (κ1) is 13.2. The van der Waals surface area contributed by atoms with Gasteiger partial charge in [0.15, 0.2) is 0 Å². The normalized spacial score (nSPS) is 12.0. The van der Waals surface area contributed by atoms with E-state index >= 15 is 0 Å². The van der Waals surface area contributed by atoms with Gasteiger partial charge in [-0.3, -0.25) is 4.79 Å². The number of benzene rings is 1. The van der Waals surface area contributed by atoms with Gasteiger partial charge in [0.25, 0.3) is 5.91 Å². The molecule has 0 spiro atoms. The monoisotopic (exact) mass is 239 g/mol. The fourth-order valence-corrected chi connectivity index (χ4v) is 1.33. The maximum absolute atomic E-state index is 13.4. The topological polar surface area (TPSA) is 57.6 Å². The van der Waals surface area contributed by atoms with Crippen LogP contribution in [0.5, 0.6) is 0 Å². The third kappa shape index (κ3) is 2.81. The summed E-state index contributed by atoms with van der Waals surface area (Å²) in [5, 5.41) is 8.78. The molecule has 0 saturated heterocycles. The van der Waals surface area contributed by atoms with Crippen molar-refractivity contribution < 1.29 is 19.1 Å². The van der Waals surface area contributed by atoms with Gasteiger partial charge < -0.3 is 10.0 Å². The Kier molecular flexibility index (Phi) is 3.83. The van der Waals surface area contributed by atoms with Gasteiger partial charge in [-0.1, -0.05) is 11.6 Å². The lowest BCUT2D eigenvalue weighted by molar-refractivity contribution is -0.141. The lowest BCUT2D eigenvalue weighted by atomic mass is 10.1. The summed E-state index contributed by atoms with van der Waals surface area (Å²) in [7, 11) is 1.34. The minimum absolute atomic E-state index is 0.111. The second-order valence-electron chi connectivity index (χ2n) is 3.91. The first-order chi connectivity index (χ1) is 7.84. The van der Waals surface area contributed by atoms with Crippen LogP contribution < -0.4 is 0 Å². The minimum atomic E-state index is -1.13. The Morgan fingerprint density at radius 2 is 2.00 bits per heavy atom. The standard InChI is InChI=1S/C12H14FNO3/c1-7-4-5-10(13)9(6-7)11(15)14(3)8(2)12(16)17/h4-6,8H,1-3H3,(H,16,17). The number of rotatable bonds is 3. The van der Waals surface area contributed by atoms with Gasteiger partial charge in [-0.05, 0) is 26.0 Å². The number of carboxylic acid groups (broad SMARTS) is 1. The van der Waals surface area contributed by atoms with E-state index in [0.29, 0.717) is 0 Å². The van der Waals surface area contributed by atoms with Gasteiger partial charge in [0.2, 0.25) is 0 Å². The van der Waals surface area contributed by atoms with E-state index in [0.717, 1.165) is 10.5 Å². The van der Waals surface area contributed by atoms with E-state index in [4.69, 9.17) is 5.11 Å². The highest BCUT2D eigenvalue weighted by molar-refractivity contribution is 5.96. The molecule has 0 bridgehead atoms. The Morgan fingerprint density at radius 3 is 2.53 bits per heavy atom. The third-order valence-electron chi connectivity index (χ3n) is 2.61. The number of nitrogens with zero attached hydrogens (tertiary/aromatic N) is 1. The van der Waals surface area contributed by atoms with Gasteiger partial charge in [0.05, 0.1) is 5.56 Å². The van der Waals surface area contributed by atoms with E-state index in [9.17, 15) is 14.0 Å². The van der Waals surface area contributed by atoms with Crippen molar-refractivity contribution in [2.45, 2.75) is 19.9 Å². The van der Waals surface area contributed by atoms with Gasteiger partial charge >= 0.3 is 5.97 Å². The molecule has 0 saturated carbocycles. The molecule has 1 unspecified atom stereocenters. The van der Waals surface area contributed by atoms with Crippen molar-refractivity contribution in [1.82, 2.24) is 4.90 Å². The number of amides is 1. The largest absolute Gasteiger partial charge is 0.480 e. The Balaban J connectivity index is 3.04. The van der Waals surface area contributed by atoms with Crippen LogP contribution >= 0.6 is 0 Å². The number of carbonyl (C=O) groups is 2. The highest BCUT2D eigenvalue weighted by atomic mass is 19.1. The summed E-state index contributed by atoms with van der Waals surface area (Å²) >= 11 is 0. The number of aliphatic carboxylic acids is 1. The average molecular weight is 239 g/mol. The summed E-state index contributed by atoms with van der Waals surface area (Å²) in [6.45, 7) is 3.10. The molecule has 0 radical (unpaired) electrons. The second kappa shape index (κ2) is 4.95. The van der Waals surface area contributed by atoms with Gasteiger partial charge in [0, 0.05) is 7.05 Å². The van der Waals surface area contributed by atoms with Crippen molar-refractivity contribution in [2.75, 3.05) is 7.05 Å². The molecule has 0 aliphatic heterocycles. The van der Waals surface area contributed by atoms with Crippen LogP contribution in [-0.4, -0.2) is 35.0 Å². The zero-order valence-corrected chi connectivity index (χ0v) is 9.90. The first-order valence-electron chi connectivity index (χ1n) is 5.10. The fourth-order valence-electron chi connectivity index (χ4n) is 1.33. The Labute approximate surface area is 98.7 Å². The molecule has 1 N–H and O–H groups in total. The van der Waals surface area contributed by atoms with Crippen molar-refractivity contribution in [2.24, 2.45) is 0 Å². The van der Waals surface area contributed by atoms with Crippen LogP contribution in [0.3, 0.4) is 0 Å². The molecule has 0 fully saturated rings. The number of carbonyl (C=O) groups excluding carboxylic acids is 1. The molecule has 1 rings (SSSR count). The van der Waals surface area contributed by atoms with E-state index in [1.54, 1.807) is 13.0 Å². The molecular weight excluding hydrogens is 225 g/mol. The summed E-state index contributed by atoms with van der Waals surface area (Å²) in [5.41, 5.74) is 0.631. The van der Waals surface area contributed by atoms with Crippen molar-refractivity contribution >= 4 is 11.9 Å². The van der Waals surface area contributed by atoms with Crippen molar-refractivity contribution in [3.8, 4) is 0 Å². The quantitative estimate of drug-likeness (QED) is 0.873. The first-order valence-corrected chi connectivity index (χ1v) is 5.10. The van der Waals surface area contributed by atoms with Crippen molar-refractivity contribution in [1.29, 1.82) is 0 Å². The molecule has 0 aliphatic rings. The van der Waals surface area contributed by atoms with E-state index in [2.05, 4.69) is 0 Å². The van der Waals surface area contributed by atoms with E-state index in [1.165, 1.54) is 26.1 Å². The van der Waals surface area contributed by atoms with E-state index in [1.807, 2.05) is 0 Å². The number of hydrogen-bond acceptors (Lipinski definition) is 2. The van der Waals surface area contributed by atoms with Crippen LogP contribution in [0.15, 0.2) is 18.2 Å². The molecule has 0 heterocycles. The summed E-state index contributed by atoms with van der Waals surface area (Å²) < 4.78 is 13.4. The van der Waals surface area contributed by atoms with Crippen LogP contribution in [-0.2, 0) is 4.79 Å². The SMILES string of the molecule is Cc1ccc(F)c(C(=O)N(C)C(C)C(=O)O)c1. The van der Waals surface area contributed by atoms with E-state index < -0.39 is 23.7 Å². The van der Waals surface area contributed by atoms with Crippen LogP contribution in [0, 0.1) is 12.7 Å². The van der Waals surface area contributed by atoms with Crippen molar-refractivity contribution in [3.05, 3.63) is 35.1 Å². The van der Waals surface area contributed by atoms with Gasteiger partial charge in [-0.2, -0.15) is 0 Å². The van der Waals surface area contributed by atoms with Crippen LogP contribution in [0.25, 0.3) is 0 Å².